The molecular formula is C9H13F2N3O2. The number of alkyl halides is 2. The molecule has 0 atom stereocenters. The fourth-order valence-corrected chi connectivity index (χ4v) is 1.21. The van der Waals surface area contributed by atoms with Crippen LogP contribution in [0.1, 0.15) is 5.69 Å². The molecular weight excluding hydrogens is 220 g/mol. The van der Waals surface area contributed by atoms with Gasteiger partial charge in [0.15, 0.2) is 0 Å². The number of anilines is 1. The van der Waals surface area contributed by atoms with Crippen LogP contribution in [0.25, 0.3) is 0 Å². The summed E-state index contributed by atoms with van der Waals surface area (Å²) in [7, 11) is 0. The molecule has 16 heavy (non-hydrogen) atoms. The van der Waals surface area contributed by atoms with Crippen LogP contribution in [-0.2, 0) is 6.61 Å². The van der Waals surface area contributed by atoms with Crippen molar-refractivity contribution >= 4 is 5.82 Å². The summed E-state index contributed by atoms with van der Waals surface area (Å²) >= 11 is 0. The lowest BCUT2D eigenvalue weighted by Crippen LogP contribution is -2.32. The maximum absolute atomic E-state index is 12.3. The largest absolute Gasteiger partial charge is 0.395 e. The summed E-state index contributed by atoms with van der Waals surface area (Å²) in [5.41, 5.74) is 0.301. The van der Waals surface area contributed by atoms with Crippen molar-refractivity contribution < 1.29 is 19.0 Å². The molecule has 1 rings (SSSR count). The van der Waals surface area contributed by atoms with E-state index in [1.165, 1.54) is 17.3 Å². The Balaban J connectivity index is 2.82. The number of aliphatic hydroxyl groups excluding tert-OH is 2. The highest BCUT2D eigenvalue weighted by molar-refractivity contribution is 5.36. The Bertz CT molecular complexity index is 325. The van der Waals surface area contributed by atoms with E-state index in [0.717, 1.165) is 0 Å². The third kappa shape index (κ3) is 3.67. The number of rotatable bonds is 6. The van der Waals surface area contributed by atoms with Gasteiger partial charge in [0.25, 0.3) is 6.43 Å². The van der Waals surface area contributed by atoms with E-state index in [4.69, 9.17) is 10.2 Å². The molecule has 1 aromatic rings. The molecule has 0 saturated carbocycles. The summed E-state index contributed by atoms with van der Waals surface area (Å²) in [6, 6.07) is 0. The van der Waals surface area contributed by atoms with Gasteiger partial charge in [0.2, 0.25) is 0 Å². The summed E-state index contributed by atoms with van der Waals surface area (Å²) in [5, 5.41) is 17.6. The molecule has 0 saturated heterocycles. The Hall–Kier alpha value is -1.34. The number of aliphatic hydroxyl groups is 2. The fourth-order valence-electron chi connectivity index (χ4n) is 1.21. The van der Waals surface area contributed by atoms with E-state index in [-0.39, 0.29) is 25.6 Å². The zero-order valence-electron chi connectivity index (χ0n) is 8.55. The van der Waals surface area contributed by atoms with Crippen LogP contribution < -0.4 is 4.90 Å². The van der Waals surface area contributed by atoms with Gasteiger partial charge in [0.1, 0.15) is 5.82 Å². The molecule has 1 aromatic heterocycles. The maximum Gasteiger partial charge on any atom is 0.255 e. The van der Waals surface area contributed by atoms with Crippen molar-refractivity contribution in [3.63, 3.8) is 0 Å². The Morgan fingerprint density at radius 3 is 2.62 bits per heavy atom. The van der Waals surface area contributed by atoms with Gasteiger partial charge in [-0.25, -0.2) is 13.8 Å². The van der Waals surface area contributed by atoms with Gasteiger partial charge < -0.3 is 15.1 Å². The molecule has 0 radical (unpaired) electrons. The van der Waals surface area contributed by atoms with Crippen molar-refractivity contribution in [1.29, 1.82) is 0 Å². The fraction of sp³-hybridized carbons (Fsp3) is 0.556. The molecule has 0 amide bonds. The van der Waals surface area contributed by atoms with Crippen LogP contribution in [0.15, 0.2) is 12.4 Å². The van der Waals surface area contributed by atoms with Gasteiger partial charge in [-0.1, -0.05) is 0 Å². The lowest BCUT2D eigenvalue weighted by atomic mass is 10.4. The van der Waals surface area contributed by atoms with Gasteiger partial charge in [-0.05, 0) is 0 Å². The van der Waals surface area contributed by atoms with Crippen molar-refractivity contribution in [2.45, 2.75) is 13.0 Å². The van der Waals surface area contributed by atoms with E-state index in [2.05, 4.69) is 9.97 Å². The summed E-state index contributed by atoms with van der Waals surface area (Å²) in [6.07, 6.45) is 0.145. The van der Waals surface area contributed by atoms with Crippen LogP contribution >= 0.6 is 0 Å². The molecule has 0 aliphatic carbocycles. The molecule has 2 N–H and O–H groups in total. The SMILES string of the molecule is OCCN(CC(F)F)c1cncc(CO)n1. The summed E-state index contributed by atoms with van der Waals surface area (Å²) in [4.78, 5) is 8.93. The van der Waals surface area contributed by atoms with Crippen molar-refractivity contribution in [2.24, 2.45) is 0 Å². The average molecular weight is 233 g/mol. The summed E-state index contributed by atoms with van der Waals surface area (Å²) in [6.45, 7) is -1.03. The first-order valence-electron chi connectivity index (χ1n) is 4.73. The Labute approximate surface area is 91.4 Å². The number of hydrogen-bond donors (Lipinski definition) is 2. The second-order valence-corrected chi connectivity index (χ2v) is 3.09. The quantitative estimate of drug-likeness (QED) is 0.725. The summed E-state index contributed by atoms with van der Waals surface area (Å²) in [5.74, 6) is 0.223. The van der Waals surface area contributed by atoms with Gasteiger partial charge >= 0.3 is 0 Å². The molecule has 1 heterocycles. The van der Waals surface area contributed by atoms with E-state index in [1.54, 1.807) is 0 Å². The highest BCUT2D eigenvalue weighted by atomic mass is 19.3. The molecule has 0 aliphatic heterocycles. The number of halogens is 2. The Morgan fingerprint density at radius 2 is 2.06 bits per heavy atom. The van der Waals surface area contributed by atoms with Crippen molar-refractivity contribution in [3.8, 4) is 0 Å². The van der Waals surface area contributed by atoms with Crippen LogP contribution in [0.2, 0.25) is 0 Å². The average Bonchev–Trinajstić information content (AvgIpc) is 2.28. The maximum atomic E-state index is 12.3. The number of hydrogen-bond acceptors (Lipinski definition) is 5. The van der Waals surface area contributed by atoms with Gasteiger partial charge in [0.05, 0.1) is 37.8 Å². The minimum Gasteiger partial charge on any atom is -0.395 e. The lowest BCUT2D eigenvalue weighted by molar-refractivity contribution is 0.152. The van der Waals surface area contributed by atoms with Crippen LogP contribution in [0.5, 0.6) is 0 Å². The smallest absolute Gasteiger partial charge is 0.255 e. The topological polar surface area (TPSA) is 69.5 Å². The lowest BCUT2D eigenvalue weighted by Gasteiger charge is -2.22. The first-order chi connectivity index (χ1) is 7.67. The first-order valence-corrected chi connectivity index (χ1v) is 4.73. The molecule has 0 fully saturated rings. The summed E-state index contributed by atoms with van der Waals surface area (Å²) < 4.78 is 24.5. The highest BCUT2D eigenvalue weighted by Gasteiger charge is 2.14. The van der Waals surface area contributed by atoms with Crippen LogP contribution in [-0.4, -0.2) is 46.3 Å². The van der Waals surface area contributed by atoms with Gasteiger partial charge in [-0.3, -0.25) is 4.98 Å². The van der Waals surface area contributed by atoms with Crippen LogP contribution in [0.4, 0.5) is 14.6 Å². The second kappa shape index (κ2) is 6.29. The molecule has 0 spiro atoms. The van der Waals surface area contributed by atoms with Gasteiger partial charge in [-0.15, -0.1) is 0 Å². The van der Waals surface area contributed by atoms with E-state index >= 15 is 0 Å². The molecule has 0 unspecified atom stereocenters. The third-order valence-electron chi connectivity index (χ3n) is 1.89. The van der Waals surface area contributed by atoms with Crippen molar-refractivity contribution in [1.82, 2.24) is 9.97 Å². The number of nitrogens with zero attached hydrogens (tertiary/aromatic N) is 3. The standard InChI is InChI=1S/C9H13F2N3O2/c10-8(11)5-14(1-2-15)9-4-12-3-7(6-16)13-9/h3-4,8,15-16H,1-2,5-6H2. The highest BCUT2D eigenvalue weighted by Crippen LogP contribution is 2.11. The first kappa shape index (κ1) is 12.7. The van der Waals surface area contributed by atoms with E-state index in [1.807, 2.05) is 0 Å². The van der Waals surface area contributed by atoms with Crippen molar-refractivity contribution in [2.75, 3.05) is 24.6 Å². The second-order valence-electron chi connectivity index (χ2n) is 3.09. The molecule has 0 aliphatic rings. The number of aromatic nitrogens is 2. The van der Waals surface area contributed by atoms with Crippen LogP contribution in [0, 0.1) is 0 Å². The van der Waals surface area contributed by atoms with E-state index < -0.39 is 13.0 Å². The minimum atomic E-state index is -2.52. The minimum absolute atomic E-state index is 0.0495. The van der Waals surface area contributed by atoms with Gasteiger partial charge in [-0.2, -0.15) is 0 Å². The predicted octanol–water partition coefficient (Wildman–Crippen LogP) is 0.0327. The molecule has 0 bridgehead atoms. The Kier molecular flexibility index (Phi) is 5.00. The predicted molar refractivity (Wildman–Crippen MR) is 53.3 cm³/mol. The van der Waals surface area contributed by atoms with Gasteiger partial charge in [0, 0.05) is 6.54 Å². The molecule has 0 aromatic carbocycles. The third-order valence-corrected chi connectivity index (χ3v) is 1.89. The Morgan fingerprint density at radius 1 is 1.31 bits per heavy atom. The normalized spacial score (nSPS) is 10.8. The van der Waals surface area contributed by atoms with E-state index in [9.17, 15) is 8.78 Å². The zero-order chi connectivity index (χ0) is 12.0. The van der Waals surface area contributed by atoms with E-state index in [0.29, 0.717) is 5.69 Å². The monoisotopic (exact) mass is 233 g/mol. The van der Waals surface area contributed by atoms with Crippen molar-refractivity contribution in [3.05, 3.63) is 18.1 Å². The van der Waals surface area contributed by atoms with Crippen LogP contribution in [0.3, 0.4) is 0 Å². The molecule has 7 heteroatoms. The molecule has 90 valence electrons. The zero-order valence-corrected chi connectivity index (χ0v) is 8.55. The molecule has 5 nitrogen and oxygen atoms in total.